The predicted octanol–water partition coefficient (Wildman–Crippen LogP) is 1.45. The molecule has 2 aromatic rings. The van der Waals surface area contributed by atoms with Gasteiger partial charge in [-0.05, 0) is 17.7 Å². The lowest BCUT2D eigenvalue weighted by atomic mass is 10.1. The minimum absolute atomic E-state index is 0.0289. The number of carboxylic acid groups (broad SMARTS) is 1. The zero-order valence-electron chi connectivity index (χ0n) is 6.73. The molecule has 0 spiro atoms. The summed E-state index contributed by atoms with van der Waals surface area (Å²) in [6, 6.07) is 5.21. The molecule has 0 atom stereocenters. The number of hydrogen-bond acceptors (Lipinski definition) is 3. The summed E-state index contributed by atoms with van der Waals surface area (Å²) in [4.78, 5) is 10.4. The Morgan fingerprint density at radius 2 is 2.38 bits per heavy atom. The summed E-state index contributed by atoms with van der Waals surface area (Å²) in [6.45, 7) is 0. The molecule has 1 N–H and O–H groups in total. The lowest BCUT2D eigenvalue weighted by Crippen LogP contribution is -1.99. The molecular formula is C9H7NO3. The molecule has 4 heteroatoms. The van der Waals surface area contributed by atoms with Crippen molar-refractivity contribution in [2.24, 2.45) is 0 Å². The molecule has 0 aliphatic rings. The van der Waals surface area contributed by atoms with Gasteiger partial charge in [0.1, 0.15) is 0 Å². The molecule has 4 nitrogen and oxygen atoms in total. The summed E-state index contributed by atoms with van der Waals surface area (Å²) >= 11 is 0. The summed E-state index contributed by atoms with van der Waals surface area (Å²) in [5.41, 5.74) is 1.43. The molecule has 0 radical (unpaired) electrons. The molecule has 0 fully saturated rings. The maximum atomic E-state index is 10.4. The first-order valence-electron chi connectivity index (χ1n) is 3.81. The second-order valence-electron chi connectivity index (χ2n) is 2.77. The lowest BCUT2D eigenvalue weighted by Gasteiger charge is -1.94. The third kappa shape index (κ3) is 1.51. The van der Waals surface area contributed by atoms with Crippen molar-refractivity contribution >= 4 is 16.9 Å². The maximum absolute atomic E-state index is 10.4. The molecule has 0 bridgehead atoms. The highest BCUT2D eigenvalue weighted by molar-refractivity contribution is 5.78. The van der Waals surface area contributed by atoms with Crippen LogP contribution in [0.4, 0.5) is 0 Å². The number of benzene rings is 1. The van der Waals surface area contributed by atoms with Crippen molar-refractivity contribution in [3.05, 3.63) is 30.0 Å². The highest BCUT2D eigenvalue weighted by Crippen LogP contribution is 2.15. The van der Waals surface area contributed by atoms with Gasteiger partial charge < -0.3 is 9.63 Å². The van der Waals surface area contributed by atoms with E-state index in [1.807, 2.05) is 0 Å². The van der Waals surface area contributed by atoms with E-state index in [0.717, 1.165) is 10.9 Å². The van der Waals surface area contributed by atoms with Crippen LogP contribution in [0.2, 0.25) is 0 Å². The number of aliphatic carboxylic acids is 1. The summed E-state index contributed by atoms with van der Waals surface area (Å²) in [6.07, 6.45) is 1.60. The van der Waals surface area contributed by atoms with Crippen molar-refractivity contribution in [1.82, 2.24) is 5.16 Å². The monoisotopic (exact) mass is 177 g/mol. The van der Waals surface area contributed by atoms with Gasteiger partial charge in [0.05, 0.1) is 12.6 Å². The molecule has 0 saturated heterocycles. The van der Waals surface area contributed by atoms with E-state index in [1.54, 1.807) is 24.4 Å². The summed E-state index contributed by atoms with van der Waals surface area (Å²) < 4.78 is 4.88. The second-order valence-corrected chi connectivity index (χ2v) is 2.77. The number of fused-ring (bicyclic) bond motifs is 1. The molecule has 1 aromatic carbocycles. The molecule has 0 aliphatic heterocycles. The van der Waals surface area contributed by atoms with Crippen LogP contribution < -0.4 is 0 Å². The van der Waals surface area contributed by atoms with Gasteiger partial charge in [0, 0.05) is 5.39 Å². The summed E-state index contributed by atoms with van der Waals surface area (Å²) in [5.74, 6) is -0.837. The number of rotatable bonds is 2. The van der Waals surface area contributed by atoms with Crippen LogP contribution in [0, 0.1) is 0 Å². The highest BCUT2D eigenvalue weighted by atomic mass is 16.5. The van der Waals surface area contributed by atoms with Gasteiger partial charge in [-0.25, -0.2) is 0 Å². The van der Waals surface area contributed by atoms with Crippen molar-refractivity contribution in [2.75, 3.05) is 0 Å². The topological polar surface area (TPSA) is 63.3 Å². The Bertz CT molecular complexity index is 447. The van der Waals surface area contributed by atoms with Crippen LogP contribution >= 0.6 is 0 Å². The van der Waals surface area contributed by atoms with Crippen molar-refractivity contribution in [2.45, 2.75) is 6.42 Å². The molecular weight excluding hydrogens is 170 g/mol. The number of nitrogens with zero attached hydrogens (tertiary/aromatic N) is 1. The number of carbonyl (C=O) groups is 1. The Balaban J connectivity index is 2.42. The minimum atomic E-state index is -0.837. The molecule has 0 amide bonds. The van der Waals surface area contributed by atoms with E-state index < -0.39 is 5.97 Å². The van der Waals surface area contributed by atoms with Crippen LogP contribution in [-0.4, -0.2) is 16.2 Å². The Labute approximate surface area is 73.8 Å². The van der Waals surface area contributed by atoms with Crippen LogP contribution in [0.1, 0.15) is 5.56 Å². The molecule has 66 valence electrons. The van der Waals surface area contributed by atoms with E-state index >= 15 is 0 Å². The van der Waals surface area contributed by atoms with Crippen molar-refractivity contribution in [3.8, 4) is 0 Å². The van der Waals surface area contributed by atoms with Gasteiger partial charge >= 0.3 is 5.97 Å². The van der Waals surface area contributed by atoms with Crippen LogP contribution in [0.15, 0.2) is 28.9 Å². The fourth-order valence-corrected chi connectivity index (χ4v) is 1.21. The molecule has 1 aromatic heterocycles. The van der Waals surface area contributed by atoms with E-state index in [9.17, 15) is 4.79 Å². The largest absolute Gasteiger partial charge is 0.481 e. The van der Waals surface area contributed by atoms with E-state index in [1.165, 1.54) is 0 Å². The lowest BCUT2D eigenvalue weighted by molar-refractivity contribution is -0.136. The van der Waals surface area contributed by atoms with Gasteiger partial charge in [-0.15, -0.1) is 0 Å². The molecule has 0 saturated carbocycles. The van der Waals surface area contributed by atoms with E-state index in [0.29, 0.717) is 5.58 Å². The van der Waals surface area contributed by atoms with Crippen LogP contribution in [0.5, 0.6) is 0 Å². The molecule has 2 rings (SSSR count). The number of hydrogen-bond donors (Lipinski definition) is 1. The third-order valence-corrected chi connectivity index (χ3v) is 1.77. The first-order valence-corrected chi connectivity index (χ1v) is 3.81. The van der Waals surface area contributed by atoms with Gasteiger partial charge in [0.25, 0.3) is 0 Å². The molecule has 0 unspecified atom stereocenters. The fraction of sp³-hybridized carbons (Fsp3) is 0.111. The average molecular weight is 177 g/mol. The Morgan fingerprint density at radius 3 is 3.15 bits per heavy atom. The van der Waals surface area contributed by atoms with Crippen LogP contribution in [0.25, 0.3) is 11.0 Å². The Kier molecular flexibility index (Phi) is 1.73. The standard InChI is InChI=1S/C9H7NO3/c11-9(12)4-6-1-2-8-7(3-6)5-10-13-8/h1-3,5H,4H2,(H,11,12). The van der Waals surface area contributed by atoms with Crippen LogP contribution in [0.3, 0.4) is 0 Å². The quantitative estimate of drug-likeness (QED) is 0.754. The average Bonchev–Trinajstić information content (AvgIpc) is 2.49. The van der Waals surface area contributed by atoms with Crippen molar-refractivity contribution in [3.63, 3.8) is 0 Å². The van der Waals surface area contributed by atoms with Crippen molar-refractivity contribution in [1.29, 1.82) is 0 Å². The Hall–Kier alpha value is -1.84. The molecule has 13 heavy (non-hydrogen) atoms. The Morgan fingerprint density at radius 1 is 1.54 bits per heavy atom. The SMILES string of the molecule is O=C(O)Cc1ccc2oncc2c1. The summed E-state index contributed by atoms with van der Waals surface area (Å²) in [5, 5.41) is 13.0. The molecule has 0 aliphatic carbocycles. The number of aromatic nitrogens is 1. The minimum Gasteiger partial charge on any atom is -0.481 e. The van der Waals surface area contributed by atoms with Crippen molar-refractivity contribution < 1.29 is 14.4 Å². The van der Waals surface area contributed by atoms with Gasteiger partial charge in [-0.1, -0.05) is 11.2 Å². The number of carboxylic acids is 1. The first-order chi connectivity index (χ1) is 6.25. The fourth-order valence-electron chi connectivity index (χ4n) is 1.21. The third-order valence-electron chi connectivity index (χ3n) is 1.77. The van der Waals surface area contributed by atoms with E-state index in [-0.39, 0.29) is 6.42 Å². The predicted molar refractivity (Wildman–Crippen MR) is 45.3 cm³/mol. The van der Waals surface area contributed by atoms with Gasteiger partial charge in [0.2, 0.25) is 0 Å². The zero-order valence-corrected chi connectivity index (χ0v) is 6.73. The first kappa shape index (κ1) is 7.79. The smallest absolute Gasteiger partial charge is 0.307 e. The normalized spacial score (nSPS) is 10.5. The zero-order chi connectivity index (χ0) is 9.26. The van der Waals surface area contributed by atoms with Crippen LogP contribution in [-0.2, 0) is 11.2 Å². The molecule has 1 heterocycles. The van der Waals surface area contributed by atoms with E-state index in [2.05, 4.69) is 5.16 Å². The van der Waals surface area contributed by atoms with Gasteiger partial charge in [0.15, 0.2) is 5.58 Å². The van der Waals surface area contributed by atoms with E-state index in [4.69, 9.17) is 9.63 Å². The van der Waals surface area contributed by atoms with Gasteiger partial charge in [-0.3, -0.25) is 4.79 Å². The maximum Gasteiger partial charge on any atom is 0.307 e. The second kappa shape index (κ2) is 2.90. The summed E-state index contributed by atoms with van der Waals surface area (Å²) in [7, 11) is 0. The highest BCUT2D eigenvalue weighted by Gasteiger charge is 2.03. The van der Waals surface area contributed by atoms with Gasteiger partial charge in [-0.2, -0.15) is 0 Å².